The van der Waals surface area contributed by atoms with Crippen LogP contribution in [-0.4, -0.2) is 32.5 Å². The Hall–Kier alpha value is -2.66. The normalized spacial score (nSPS) is 13.3. The average Bonchev–Trinajstić information content (AvgIpc) is 2.66. The molecule has 1 N–H and O–H groups in total. The highest BCUT2D eigenvalue weighted by Crippen LogP contribution is 2.32. The number of aliphatic hydroxyl groups excluding tert-OH is 1. The standard InChI is InChI=1S/C21H26O5/c1-6-7-15-10-17(23-3)13-18(11-15)26-14(2)21(22)16-8-9-19(24-4)20(12-16)25-5/h6-14,21-22H,1-5H3. The SMILES string of the molecule is CC=Cc1cc(OC)cc(OC(C)C(O)c2ccc(OC)c(OC)c2)c1. The van der Waals surface area contributed by atoms with Crippen molar-refractivity contribution < 1.29 is 24.1 Å². The number of ether oxygens (including phenoxy) is 4. The molecule has 0 aromatic heterocycles. The Kier molecular flexibility index (Phi) is 6.92. The van der Waals surface area contributed by atoms with Crippen molar-refractivity contribution >= 4 is 6.08 Å². The van der Waals surface area contributed by atoms with Crippen LogP contribution >= 0.6 is 0 Å². The lowest BCUT2D eigenvalue weighted by atomic mass is 10.0. The molecule has 0 saturated heterocycles. The van der Waals surface area contributed by atoms with Gasteiger partial charge in [0.2, 0.25) is 0 Å². The second kappa shape index (κ2) is 9.15. The summed E-state index contributed by atoms with van der Waals surface area (Å²) in [5.41, 5.74) is 1.65. The van der Waals surface area contributed by atoms with Crippen LogP contribution in [0.25, 0.3) is 6.08 Å². The molecule has 0 saturated carbocycles. The Morgan fingerprint density at radius 3 is 2.19 bits per heavy atom. The fraction of sp³-hybridized carbons (Fsp3) is 0.333. The van der Waals surface area contributed by atoms with Gasteiger partial charge in [-0.25, -0.2) is 0 Å². The van der Waals surface area contributed by atoms with Crippen LogP contribution in [0.15, 0.2) is 42.5 Å². The molecule has 5 nitrogen and oxygen atoms in total. The Labute approximate surface area is 154 Å². The van der Waals surface area contributed by atoms with Gasteiger partial charge >= 0.3 is 0 Å². The Bertz CT molecular complexity index is 754. The number of hydrogen-bond donors (Lipinski definition) is 1. The van der Waals surface area contributed by atoms with Crippen molar-refractivity contribution in [1.29, 1.82) is 0 Å². The topological polar surface area (TPSA) is 57.2 Å². The van der Waals surface area contributed by atoms with Crippen molar-refractivity contribution in [2.24, 2.45) is 0 Å². The van der Waals surface area contributed by atoms with E-state index < -0.39 is 12.2 Å². The Morgan fingerprint density at radius 2 is 1.58 bits per heavy atom. The van der Waals surface area contributed by atoms with E-state index in [2.05, 4.69) is 0 Å². The fourth-order valence-electron chi connectivity index (χ4n) is 2.66. The summed E-state index contributed by atoms with van der Waals surface area (Å²) in [5, 5.41) is 10.7. The average molecular weight is 358 g/mol. The van der Waals surface area contributed by atoms with Crippen molar-refractivity contribution in [3.8, 4) is 23.0 Å². The molecule has 0 fully saturated rings. The van der Waals surface area contributed by atoms with Crippen molar-refractivity contribution in [2.75, 3.05) is 21.3 Å². The van der Waals surface area contributed by atoms with Crippen molar-refractivity contribution in [3.63, 3.8) is 0 Å². The van der Waals surface area contributed by atoms with Gasteiger partial charge in [0.15, 0.2) is 11.5 Å². The van der Waals surface area contributed by atoms with Gasteiger partial charge in [-0.05, 0) is 49.2 Å². The second-order valence-electron chi connectivity index (χ2n) is 5.82. The van der Waals surface area contributed by atoms with Gasteiger partial charge in [-0.2, -0.15) is 0 Å². The van der Waals surface area contributed by atoms with Crippen LogP contribution in [0.5, 0.6) is 23.0 Å². The zero-order valence-corrected chi connectivity index (χ0v) is 15.9. The minimum absolute atomic E-state index is 0.473. The predicted molar refractivity (Wildman–Crippen MR) is 102 cm³/mol. The fourth-order valence-corrected chi connectivity index (χ4v) is 2.66. The highest BCUT2D eigenvalue weighted by Gasteiger charge is 2.20. The molecule has 0 amide bonds. The first-order valence-corrected chi connectivity index (χ1v) is 8.40. The smallest absolute Gasteiger partial charge is 0.161 e. The van der Waals surface area contributed by atoms with E-state index in [-0.39, 0.29) is 0 Å². The quantitative estimate of drug-likeness (QED) is 0.765. The maximum absolute atomic E-state index is 10.7. The van der Waals surface area contributed by atoms with E-state index in [1.165, 1.54) is 0 Å². The van der Waals surface area contributed by atoms with E-state index in [4.69, 9.17) is 18.9 Å². The Balaban J connectivity index is 2.21. The largest absolute Gasteiger partial charge is 0.497 e. The van der Waals surface area contributed by atoms with Gasteiger partial charge in [0, 0.05) is 6.07 Å². The third kappa shape index (κ3) is 4.70. The van der Waals surface area contributed by atoms with E-state index in [0.29, 0.717) is 28.6 Å². The van der Waals surface area contributed by atoms with Gasteiger partial charge in [-0.15, -0.1) is 0 Å². The van der Waals surface area contributed by atoms with Crippen molar-refractivity contribution in [1.82, 2.24) is 0 Å². The van der Waals surface area contributed by atoms with Crippen molar-refractivity contribution in [2.45, 2.75) is 26.1 Å². The molecule has 2 atom stereocenters. The first-order valence-electron chi connectivity index (χ1n) is 8.40. The minimum Gasteiger partial charge on any atom is -0.497 e. The monoisotopic (exact) mass is 358 g/mol. The molecule has 0 aliphatic carbocycles. The predicted octanol–water partition coefficient (Wildman–Crippen LogP) is 4.25. The molecule has 2 unspecified atom stereocenters. The lowest BCUT2D eigenvalue weighted by molar-refractivity contribution is 0.0464. The van der Waals surface area contributed by atoms with Crippen LogP contribution in [0.1, 0.15) is 31.1 Å². The van der Waals surface area contributed by atoms with E-state index >= 15 is 0 Å². The maximum Gasteiger partial charge on any atom is 0.161 e. The molecular weight excluding hydrogens is 332 g/mol. The van der Waals surface area contributed by atoms with Crippen LogP contribution in [0.3, 0.4) is 0 Å². The summed E-state index contributed by atoms with van der Waals surface area (Å²) < 4.78 is 21.8. The van der Waals surface area contributed by atoms with Gasteiger partial charge in [0.05, 0.1) is 21.3 Å². The summed E-state index contributed by atoms with van der Waals surface area (Å²) in [5.74, 6) is 2.50. The Morgan fingerprint density at radius 1 is 0.885 bits per heavy atom. The van der Waals surface area contributed by atoms with E-state index in [1.807, 2.05) is 38.1 Å². The van der Waals surface area contributed by atoms with Crippen molar-refractivity contribution in [3.05, 3.63) is 53.6 Å². The lowest BCUT2D eigenvalue weighted by Gasteiger charge is -2.22. The zero-order chi connectivity index (χ0) is 19.1. The van der Waals surface area contributed by atoms with Gasteiger partial charge < -0.3 is 24.1 Å². The number of benzene rings is 2. The summed E-state index contributed by atoms with van der Waals surface area (Å²) in [7, 11) is 4.75. The summed E-state index contributed by atoms with van der Waals surface area (Å²) >= 11 is 0. The molecule has 0 heterocycles. The van der Waals surface area contributed by atoms with Gasteiger partial charge in [-0.1, -0.05) is 18.2 Å². The minimum atomic E-state index is -0.828. The maximum atomic E-state index is 10.7. The molecule has 5 heteroatoms. The van der Waals surface area contributed by atoms with Gasteiger partial charge in [-0.3, -0.25) is 0 Å². The van der Waals surface area contributed by atoms with E-state index in [9.17, 15) is 5.11 Å². The first-order chi connectivity index (χ1) is 12.5. The van der Waals surface area contributed by atoms with Gasteiger partial charge in [0.25, 0.3) is 0 Å². The molecule has 2 rings (SSSR count). The van der Waals surface area contributed by atoms with Gasteiger partial charge in [0.1, 0.15) is 23.7 Å². The summed E-state index contributed by atoms with van der Waals surface area (Å²) in [4.78, 5) is 0. The molecule has 0 radical (unpaired) electrons. The third-order valence-corrected chi connectivity index (χ3v) is 4.01. The highest BCUT2D eigenvalue weighted by molar-refractivity contribution is 5.55. The number of aliphatic hydroxyl groups is 1. The highest BCUT2D eigenvalue weighted by atomic mass is 16.5. The number of allylic oxidation sites excluding steroid dienone is 1. The number of methoxy groups -OCH3 is 3. The van der Waals surface area contributed by atoms with Crippen LogP contribution in [0.2, 0.25) is 0 Å². The molecule has 0 bridgehead atoms. The van der Waals surface area contributed by atoms with Crippen LogP contribution in [-0.2, 0) is 0 Å². The molecule has 0 spiro atoms. The van der Waals surface area contributed by atoms with Crippen LogP contribution in [0, 0.1) is 0 Å². The lowest BCUT2D eigenvalue weighted by Crippen LogP contribution is -2.21. The van der Waals surface area contributed by atoms with E-state index in [1.54, 1.807) is 45.6 Å². The molecule has 2 aromatic rings. The molecule has 2 aromatic carbocycles. The summed E-state index contributed by atoms with van der Waals surface area (Å²) in [6.45, 7) is 3.76. The first kappa shape index (κ1) is 19.7. The van der Waals surface area contributed by atoms with Crippen LogP contribution < -0.4 is 18.9 Å². The van der Waals surface area contributed by atoms with E-state index in [0.717, 1.165) is 5.56 Å². The molecule has 0 aliphatic rings. The third-order valence-electron chi connectivity index (χ3n) is 4.01. The summed E-state index contributed by atoms with van der Waals surface area (Å²) in [6, 6.07) is 10.9. The molecule has 0 aliphatic heterocycles. The zero-order valence-electron chi connectivity index (χ0n) is 15.9. The molecule has 26 heavy (non-hydrogen) atoms. The summed E-state index contributed by atoms with van der Waals surface area (Å²) in [6.07, 6.45) is 2.61. The second-order valence-corrected chi connectivity index (χ2v) is 5.82. The molecular formula is C21H26O5. The number of rotatable bonds is 8. The van der Waals surface area contributed by atoms with Crippen LogP contribution in [0.4, 0.5) is 0 Å². The number of hydrogen-bond acceptors (Lipinski definition) is 5. The molecule has 140 valence electrons.